The second-order valence-electron chi connectivity index (χ2n) is 9.89. The molecule has 0 saturated carbocycles. The van der Waals surface area contributed by atoms with Crippen LogP contribution in [-0.2, 0) is 13.1 Å². The van der Waals surface area contributed by atoms with E-state index in [0.717, 1.165) is 24.6 Å². The number of nitrogens with one attached hydrogen (secondary N) is 2. The van der Waals surface area contributed by atoms with Crippen molar-refractivity contribution in [3.63, 3.8) is 0 Å². The predicted molar refractivity (Wildman–Crippen MR) is 177 cm³/mol. The normalized spacial score (nSPS) is 11.3. The van der Waals surface area contributed by atoms with Gasteiger partial charge < -0.3 is 21.3 Å². The SMILES string of the molecule is Nc1nc(N(CCSSCCN(Cc2ccc3ccccc3c2)c2n[nH]c(N)n2)Cc2ccc3ccccc3c2)n[nH]1. The summed E-state index contributed by atoms with van der Waals surface area (Å²) in [6.45, 7) is 2.94. The molecule has 2 heterocycles. The van der Waals surface area contributed by atoms with E-state index < -0.39 is 0 Å². The van der Waals surface area contributed by atoms with E-state index in [-0.39, 0.29) is 0 Å². The first-order chi connectivity index (χ1) is 20.6. The number of aromatic nitrogens is 6. The third-order valence-corrected chi connectivity index (χ3v) is 9.26. The molecule has 0 unspecified atom stereocenters. The quantitative estimate of drug-likeness (QED) is 0.0999. The van der Waals surface area contributed by atoms with Crippen molar-refractivity contribution < 1.29 is 0 Å². The zero-order chi connectivity index (χ0) is 28.7. The standard InChI is InChI=1S/C30H32N10S2/c31-27-33-29(37-35-27)39(19-21-9-11-23-5-1-3-7-25(23)17-21)13-15-41-42-16-14-40(30-34-28(32)36-38-30)20-22-10-12-24-6-2-4-8-26(24)18-22/h1-12,17-18H,13-16,19-20H2,(H3,31,33,35,37)(H3,32,34,36,38). The molecule has 0 fully saturated rings. The molecule has 6 rings (SSSR count). The maximum Gasteiger partial charge on any atom is 0.246 e. The fourth-order valence-electron chi connectivity index (χ4n) is 4.84. The van der Waals surface area contributed by atoms with E-state index in [1.807, 2.05) is 21.6 Å². The highest BCUT2D eigenvalue weighted by atomic mass is 33.1. The molecule has 12 heteroatoms. The molecule has 42 heavy (non-hydrogen) atoms. The van der Waals surface area contributed by atoms with Crippen molar-refractivity contribution in [2.75, 3.05) is 45.9 Å². The fourth-order valence-corrected chi connectivity index (χ4v) is 6.82. The van der Waals surface area contributed by atoms with Crippen LogP contribution in [0.2, 0.25) is 0 Å². The van der Waals surface area contributed by atoms with Gasteiger partial charge in [-0.05, 0) is 44.8 Å². The number of H-pyrrole nitrogens is 2. The number of nitrogens with zero attached hydrogens (tertiary/aromatic N) is 6. The second kappa shape index (κ2) is 13.0. The lowest BCUT2D eigenvalue weighted by Gasteiger charge is -2.22. The minimum atomic E-state index is 0.314. The van der Waals surface area contributed by atoms with Gasteiger partial charge in [0.05, 0.1) is 0 Å². The molecule has 0 radical (unpaired) electrons. The molecule has 4 aromatic carbocycles. The average molecular weight is 597 g/mol. The molecule has 0 aliphatic carbocycles. The lowest BCUT2D eigenvalue weighted by Crippen LogP contribution is -2.27. The van der Waals surface area contributed by atoms with Crippen molar-refractivity contribution in [1.29, 1.82) is 0 Å². The Morgan fingerprint density at radius 2 is 1.00 bits per heavy atom. The predicted octanol–water partition coefficient (Wildman–Crippen LogP) is 5.49. The van der Waals surface area contributed by atoms with Crippen LogP contribution in [-0.4, -0.2) is 55.0 Å². The Bertz CT molecular complexity index is 1640. The van der Waals surface area contributed by atoms with Crippen LogP contribution in [0.4, 0.5) is 23.8 Å². The number of benzene rings is 4. The van der Waals surface area contributed by atoms with Crippen LogP contribution in [0.5, 0.6) is 0 Å². The molecule has 0 aliphatic rings. The first-order valence-electron chi connectivity index (χ1n) is 13.7. The van der Waals surface area contributed by atoms with E-state index in [4.69, 9.17) is 11.5 Å². The molecular weight excluding hydrogens is 565 g/mol. The van der Waals surface area contributed by atoms with E-state index in [1.54, 1.807) is 0 Å². The largest absolute Gasteiger partial charge is 0.368 e. The van der Waals surface area contributed by atoms with E-state index in [9.17, 15) is 0 Å². The zero-order valence-corrected chi connectivity index (χ0v) is 24.6. The minimum absolute atomic E-state index is 0.314. The van der Waals surface area contributed by atoms with Crippen molar-refractivity contribution in [3.8, 4) is 0 Å². The molecule has 2 aromatic heterocycles. The Morgan fingerprint density at radius 1 is 0.571 bits per heavy atom. The van der Waals surface area contributed by atoms with E-state index >= 15 is 0 Å². The Labute approximate surface area is 251 Å². The highest BCUT2D eigenvalue weighted by Gasteiger charge is 2.15. The van der Waals surface area contributed by atoms with Crippen LogP contribution in [0.1, 0.15) is 11.1 Å². The van der Waals surface area contributed by atoms with Gasteiger partial charge in [0.2, 0.25) is 23.8 Å². The molecule has 10 nitrogen and oxygen atoms in total. The molecule has 0 aliphatic heterocycles. The molecular formula is C30H32N10S2. The number of rotatable bonds is 13. The maximum atomic E-state index is 5.85. The van der Waals surface area contributed by atoms with Crippen molar-refractivity contribution >= 4 is 66.9 Å². The van der Waals surface area contributed by atoms with Gasteiger partial charge in [-0.2, -0.15) is 9.97 Å². The van der Waals surface area contributed by atoms with Gasteiger partial charge in [-0.3, -0.25) is 0 Å². The molecule has 6 aromatic rings. The van der Waals surface area contributed by atoms with E-state index in [0.29, 0.717) is 36.9 Å². The number of nitrogen functional groups attached to an aromatic ring is 2. The lowest BCUT2D eigenvalue weighted by atomic mass is 10.1. The van der Waals surface area contributed by atoms with Gasteiger partial charge in [-0.25, -0.2) is 10.2 Å². The second-order valence-corrected chi connectivity index (χ2v) is 12.6. The van der Waals surface area contributed by atoms with Gasteiger partial charge in [0, 0.05) is 37.7 Å². The van der Waals surface area contributed by atoms with Crippen LogP contribution in [0.3, 0.4) is 0 Å². The van der Waals surface area contributed by atoms with Crippen molar-refractivity contribution in [2.45, 2.75) is 13.1 Å². The van der Waals surface area contributed by atoms with Crippen LogP contribution in [0, 0.1) is 0 Å². The van der Waals surface area contributed by atoms with Gasteiger partial charge >= 0.3 is 0 Å². The Hall–Kier alpha value is -4.42. The summed E-state index contributed by atoms with van der Waals surface area (Å²) in [4.78, 5) is 13.1. The number of nitrogens with two attached hydrogens (primary N) is 2. The highest BCUT2D eigenvalue weighted by molar-refractivity contribution is 8.76. The fraction of sp³-hybridized carbons (Fsp3) is 0.200. The van der Waals surface area contributed by atoms with E-state index in [1.165, 1.54) is 32.7 Å². The van der Waals surface area contributed by atoms with Gasteiger partial charge in [0.1, 0.15) is 0 Å². The summed E-state index contributed by atoms with van der Waals surface area (Å²) >= 11 is 0. The topological polar surface area (TPSA) is 142 Å². The average Bonchev–Trinajstić information content (AvgIpc) is 3.65. The first kappa shape index (κ1) is 27.7. The Morgan fingerprint density at radius 3 is 1.40 bits per heavy atom. The number of aromatic amines is 2. The molecule has 214 valence electrons. The number of hydrogen-bond donors (Lipinski definition) is 4. The monoisotopic (exact) mass is 596 g/mol. The molecule has 0 saturated heterocycles. The lowest BCUT2D eigenvalue weighted by molar-refractivity contribution is 0.800. The van der Waals surface area contributed by atoms with Crippen LogP contribution in [0.25, 0.3) is 21.5 Å². The summed E-state index contributed by atoms with van der Waals surface area (Å²) in [6.07, 6.45) is 0. The van der Waals surface area contributed by atoms with Crippen molar-refractivity contribution in [1.82, 2.24) is 30.4 Å². The molecule has 0 amide bonds. The number of anilines is 4. The Kier molecular flexibility index (Phi) is 8.61. The molecule has 0 spiro atoms. The van der Waals surface area contributed by atoms with Crippen molar-refractivity contribution in [2.24, 2.45) is 0 Å². The summed E-state index contributed by atoms with van der Waals surface area (Å²) in [5.41, 5.74) is 14.1. The summed E-state index contributed by atoms with van der Waals surface area (Å²) in [5.74, 6) is 3.63. The van der Waals surface area contributed by atoms with Crippen LogP contribution >= 0.6 is 21.6 Å². The Balaban J connectivity index is 1.05. The number of fused-ring (bicyclic) bond motifs is 2. The summed E-state index contributed by atoms with van der Waals surface area (Å²) in [6, 6.07) is 29.8. The van der Waals surface area contributed by atoms with Crippen LogP contribution in [0.15, 0.2) is 84.9 Å². The van der Waals surface area contributed by atoms with E-state index in [2.05, 4.69) is 125 Å². The molecule has 0 bridgehead atoms. The molecule has 6 N–H and O–H groups in total. The third-order valence-electron chi connectivity index (χ3n) is 6.89. The summed E-state index contributed by atoms with van der Waals surface area (Å²) in [5, 5.41) is 19.1. The van der Waals surface area contributed by atoms with Gasteiger partial charge in [-0.15, -0.1) is 10.2 Å². The number of hydrogen-bond acceptors (Lipinski definition) is 10. The highest BCUT2D eigenvalue weighted by Crippen LogP contribution is 2.25. The van der Waals surface area contributed by atoms with Crippen LogP contribution < -0.4 is 21.3 Å². The van der Waals surface area contributed by atoms with Gasteiger partial charge in [0.15, 0.2) is 0 Å². The van der Waals surface area contributed by atoms with Crippen molar-refractivity contribution in [3.05, 3.63) is 96.1 Å². The van der Waals surface area contributed by atoms with Gasteiger partial charge in [0.25, 0.3) is 0 Å². The summed E-state index contributed by atoms with van der Waals surface area (Å²) < 4.78 is 0. The van der Waals surface area contributed by atoms with Gasteiger partial charge in [-0.1, -0.05) is 94.4 Å². The minimum Gasteiger partial charge on any atom is -0.368 e. The third kappa shape index (κ3) is 6.89. The smallest absolute Gasteiger partial charge is 0.246 e. The zero-order valence-electron chi connectivity index (χ0n) is 23.0. The molecule has 0 atom stereocenters. The first-order valence-corrected chi connectivity index (χ1v) is 16.1. The summed E-state index contributed by atoms with van der Waals surface area (Å²) in [7, 11) is 3.65. The maximum absolute atomic E-state index is 5.85.